The van der Waals surface area contributed by atoms with E-state index in [2.05, 4.69) is 22.5 Å². The second kappa shape index (κ2) is 5.77. The summed E-state index contributed by atoms with van der Waals surface area (Å²) in [6.07, 6.45) is 3.71. The molecule has 0 fully saturated rings. The maximum atomic E-state index is 11.2. The molecule has 2 rings (SSSR count). The van der Waals surface area contributed by atoms with Crippen LogP contribution in [-0.4, -0.2) is 15.5 Å². The van der Waals surface area contributed by atoms with Gasteiger partial charge in [0.1, 0.15) is 5.82 Å². The quantitative estimate of drug-likeness (QED) is 0.899. The Balaban J connectivity index is 2.17. The van der Waals surface area contributed by atoms with E-state index in [1.54, 1.807) is 6.20 Å². The van der Waals surface area contributed by atoms with Crippen molar-refractivity contribution >= 4 is 17.3 Å². The van der Waals surface area contributed by atoms with Crippen LogP contribution in [0.5, 0.6) is 0 Å². The third-order valence-electron chi connectivity index (χ3n) is 3.18. The number of benzene rings is 1. The molecule has 0 aliphatic carbocycles. The number of hydrogen-bond acceptors (Lipinski definition) is 3. The van der Waals surface area contributed by atoms with E-state index >= 15 is 0 Å². The molecule has 0 saturated carbocycles. The van der Waals surface area contributed by atoms with Gasteiger partial charge in [0.05, 0.1) is 6.04 Å². The molecule has 0 radical (unpaired) electrons. The Bertz CT molecular complexity index is 618. The lowest BCUT2D eigenvalue weighted by Crippen LogP contribution is -2.12. The van der Waals surface area contributed by atoms with Gasteiger partial charge in [-0.25, -0.2) is 4.98 Å². The van der Waals surface area contributed by atoms with Crippen LogP contribution in [0.25, 0.3) is 0 Å². The smallest absolute Gasteiger partial charge is 0.221 e. The number of carbonyl (C=O) groups excluding carboxylic acids is 1. The molecule has 0 saturated heterocycles. The predicted octanol–water partition coefficient (Wildman–Crippen LogP) is 2.86. The number of nitrogens with one attached hydrogen (secondary N) is 2. The Hall–Kier alpha value is -2.30. The molecule has 0 aliphatic rings. The Morgan fingerprint density at radius 1 is 1.40 bits per heavy atom. The lowest BCUT2D eigenvalue weighted by atomic mass is 10.1. The van der Waals surface area contributed by atoms with E-state index in [9.17, 15) is 4.79 Å². The fourth-order valence-corrected chi connectivity index (χ4v) is 2.15. The van der Waals surface area contributed by atoms with Crippen LogP contribution in [-0.2, 0) is 11.8 Å². The van der Waals surface area contributed by atoms with Crippen molar-refractivity contribution in [2.45, 2.75) is 26.8 Å². The van der Waals surface area contributed by atoms with Crippen molar-refractivity contribution in [2.24, 2.45) is 7.05 Å². The van der Waals surface area contributed by atoms with E-state index in [1.165, 1.54) is 6.92 Å². The molecule has 5 nitrogen and oxygen atoms in total. The van der Waals surface area contributed by atoms with Gasteiger partial charge in [-0.1, -0.05) is 6.07 Å². The molecule has 1 amide bonds. The first-order chi connectivity index (χ1) is 9.47. The van der Waals surface area contributed by atoms with Crippen LogP contribution in [0.1, 0.15) is 31.3 Å². The number of rotatable bonds is 4. The summed E-state index contributed by atoms with van der Waals surface area (Å²) in [5, 5.41) is 6.22. The Kier molecular flexibility index (Phi) is 4.08. The third kappa shape index (κ3) is 3.17. The van der Waals surface area contributed by atoms with Crippen LogP contribution in [0.3, 0.4) is 0 Å². The molecule has 0 spiro atoms. The molecule has 0 bridgehead atoms. The molecule has 20 heavy (non-hydrogen) atoms. The van der Waals surface area contributed by atoms with Gasteiger partial charge in [0, 0.05) is 37.7 Å². The minimum Gasteiger partial charge on any atom is -0.375 e. The topological polar surface area (TPSA) is 59.0 Å². The van der Waals surface area contributed by atoms with Gasteiger partial charge in [-0.15, -0.1) is 0 Å². The first kappa shape index (κ1) is 14.1. The summed E-state index contributed by atoms with van der Waals surface area (Å²) in [7, 11) is 1.97. The number of hydrogen-bond donors (Lipinski definition) is 2. The predicted molar refractivity (Wildman–Crippen MR) is 80.7 cm³/mol. The van der Waals surface area contributed by atoms with Gasteiger partial charge in [-0.05, 0) is 31.5 Å². The molecule has 1 aromatic heterocycles. The maximum Gasteiger partial charge on any atom is 0.221 e. The summed E-state index contributed by atoms with van der Waals surface area (Å²) in [4.78, 5) is 15.5. The second-order valence-corrected chi connectivity index (χ2v) is 4.97. The SMILES string of the molecule is CC(=O)Nc1cc(NC(C)c2nccn2C)ccc1C. The van der Waals surface area contributed by atoms with Crippen LogP contribution in [0, 0.1) is 6.92 Å². The van der Waals surface area contributed by atoms with Crippen LogP contribution >= 0.6 is 0 Å². The monoisotopic (exact) mass is 272 g/mol. The van der Waals surface area contributed by atoms with Crippen molar-refractivity contribution in [1.82, 2.24) is 9.55 Å². The summed E-state index contributed by atoms with van der Waals surface area (Å²) < 4.78 is 1.99. The Labute approximate surface area is 119 Å². The van der Waals surface area contributed by atoms with Gasteiger partial charge in [0.25, 0.3) is 0 Å². The highest BCUT2D eigenvalue weighted by molar-refractivity contribution is 5.90. The molecule has 0 aliphatic heterocycles. The summed E-state index contributed by atoms with van der Waals surface area (Å²) >= 11 is 0. The molecular formula is C15H20N4O. The Morgan fingerprint density at radius 2 is 2.15 bits per heavy atom. The number of imidazole rings is 1. The van der Waals surface area contributed by atoms with Gasteiger partial charge in [0.15, 0.2) is 0 Å². The van der Waals surface area contributed by atoms with Crippen molar-refractivity contribution in [3.8, 4) is 0 Å². The van der Waals surface area contributed by atoms with Crippen molar-refractivity contribution in [3.63, 3.8) is 0 Å². The molecule has 106 valence electrons. The number of amides is 1. The lowest BCUT2D eigenvalue weighted by molar-refractivity contribution is -0.114. The second-order valence-electron chi connectivity index (χ2n) is 4.97. The van der Waals surface area contributed by atoms with E-state index in [4.69, 9.17) is 0 Å². The normalized spacial score (nSPS) is 12.0. The molecule has 1 heterocycles. The summed E-state index contributed by atoms with van der Waals surface area (Å²) in [5.41, 5.74) is 2.82. The number of anilines is 2. The number of nitrogens with zero attached hydrogens (tertiary/aromatic N) is 2. The van der Waals surface area contributed by atoms with Gasteiger partial charge in [0.2, 0.25) is 5.91 Å². The zero-order chi connectivity index (χ0) is 14.7. The van der Waals surface area contributed by atoms with Gasteiger partial charge < -0.3 is 15.2 Å². The van der Waals surface area contributed by atoms with E-state index in [0.717, 1.165) is 22.8 Å². The first-order valence-corrected chi connectivity index (χ1v) is 6.59. The van der Waals surface area contributed by atoms with Crippen LogP contribution in [0.4, 0.5) is 11.4 Å². The number of aryl methyl sites for hydroxylation is 2. The van der Waals surface area contributed by atoms with Gasteiger partial charge in [-0.3, -0.25) is 4.79 Å². The van der Waals surface area contributed by atoms with E-state index < -0.39 is 0 Å². The molecular weight excluding hydrogens is 252 g/mol. The van der Waals surface area contributed by atoms with Crippen molar-refractivity contribution < 1.29 is 4.79 Å². The summed E-state index contributed by atoms with van der Waals surface area (Å²) in [5.74, 6) is 0.897. The largest absolute Gasteiger partial charge is 0.375 e. The highest BCUT2D eigenvalue weighted by Gasteiger charge is 2.10. The average Bonchev–Trinajstić information content (AvgIpc) is 2.79. The van der Waals surface area contributed by atoms with Crippen LogP contribution in [0.15, 0.2) is 30.6 Å². The van der Waals surface area contributed by atoms with E-state index in [-0.39, 0.29) is 11.9 Å². The van der Waals surface area contributed by atoms with Crippen LogP contribution in [0.2, 0.25) is 0 Å². The average molecular weight is 272 g/mol. The fourth-order valence-electron chi connectivity index (χ4n) is 2.15. The lowest BCUT2D eigenvalue weighted by Gasteiger charge is -2.16. The van der Waals surface area contributed by atoms with E-state index in [1.807, 2.05) is 42.9 Å². The molecule has 2 aromatic rings. The summed E-state index contributed by atoms with van der Waals surface area (Å²) in [6.45, 7) is 5.54. The first-order valence-electron chi connectivity index (χ1n) is 6.59. The van der Waals surface area contributed by atoms with Gasteiger partial charge >= 0.3 is 0 Å². The highest BCUT2D eigenvalue weighted by atomic mass is 16.1. The van der Waals surface area contributed by atoms with Crippen molar-refractivity contribution in [3.05, 3.63) is 42.0 Å². The zero-order valence-electron chi connectivity index (χ0n) is 12.3. The van der Waals surface area contributed by atoms with E-state index in [0.29, 0.717) is 0 Å². The minimum absolute atomic E-state index is 0.0672. The Morgan fingerprint density at radius 3 is 2.75 bits per heavy atom. The fraction of sp³-hybridized carbons (Fsp3) is 0.333. The maximum absolute atomic E-state index is 11.2. The molecule has 2 N–H and O–H groups in total. The van der Waals surface area contributed by atoms with Gasteiger partial charge in [-0.2, -0.15) is 0 Å². The zero-order valence-corrected chi connectivity index (χ0v) is 12.3. The van der Waals surface area contributed by atoms with Crippen molar-refractivity contribution in [2.75, 3.05) is 10.6 Å². The molecule has 1 unspecified atom stereocenters. The molecule has 1 aromatic carbocycles. The third-order valence-corrected chi connectivity index (χ3v) is 3.18. The molecule has 5 heteroatoms. The minimum atomic E-state index is -0.0672. The van der Waals surface area contributed by atoms with Crippen molar-refractivity contribution in [1.29, 1.82) is 0 Å². The molecule has 1 atom stereocenters. The highest BCUT2D eigenvalue weighted by Crippen LogP contribution is 2.23. The standard InChI is InChI=1S/C15H20N4O/c1-10-5-6-13(9-14(10)18-12(3)20)17-11(2)15-16-7-8-19(15)4/h5-9,11,17H,1-4H3,(H,18,20). The number of carbonyl (C=O) groups is 1. The number of aromatic nitrogens is 2. The summed E-state index contributed by atoms with van der Waals surface area (Å²) in [6, 6.07) is 6.01. The van der Waals surface area contributed by atoms with Crippen LogP contribution < -0.4 is 10.6 Å².